The lowest BCUT2D eigenvalue weighted by atomic mass is 9.80. The maximum absolute atomic E-state index is 13.5. The molecule has 1 unspecified atom stereocenters. The molecule has 2 aliphatic heterocycles. The zero-order valence-corrected chi connectivity index (χ0v) is 17.5. The number of aliphatic carboxylic acids is 1. The normalized spacial score (nSPS) is 20.0. The number of carbonyl (C=O) groups is 4. The average molecular weight is 444 g/mol. The van der Waals surface area contributed by atoms with Gasteiger partial charge in [-0.05, 0) is 31.2 Å². The molecule has 9 nitrogen and oxygen atoms in total. The third-order valence-electron chi connectivity index (χ3n) is 5.73. The molecule has 1 aromatic carbocycles. The first-order valence-corrected chi connectivity index (χ1v) is 9.75. The van der Waals surface area contributed by atoms with Gasteiger partial charge in [0.15, 0.2) is 5.41 Å². The number of rotatable bonds is 5. The second-order valence-corrected chi connectivity index (χ2v) is 7.83. The highest BCUT2D eigenvalue weighted by atomic mass is 35.5. The van der Waals surface area contributed by atoms with Gasteiger partial charge in [-0.3, -0.25) is 34.0 Å². The Morgan fingerprint density at radius 2 is 1.94 bits per heavy atom. The number of pyridine rings is 1. The lowest BCUT2D eigenvalue weighted by Gasteiger charge is -2.22. The van der Waals surface area contributed by atoms with Crippen molar-refractivity contribution in [2.75, 3.05) is 18.6 Å². The molecule has 1 N–H and O–H groups in total. The lowest BCUT2D eigenvalue weighted by molar-refractivity contribution is -0.143. The Morgan fingerprint density at radius 3 is 2.61 bits per heavy atom. The standard InChI is InChI=1S/C21H18ClN3O6/c1-11-14(23-6-5-16(11)31-2)9-25-17(26)8-21(20(25)30)13-7-12(22)3-4-15(13)24(19(21)29)10-18(27)28/h3-7H,8-10H2,1-2H3,(H,27,28). The number of hydrogen-bond acceptors (Lipinski definition) is 6. The van der Waals surface area contributed by atoms with E-state index >= 15 is 0 Å². The highest BCUT2D eigenvalue weighted by molar-refractivity contribution is 6.32. The molecule has 0 radical (unpaired) electrons. The number of carboxylic acids is 1. The molecule has 3 heterocycles. The van der Waals surface area contributed by atoms with E-state index < -0.39 is 42.1 Å². The van der Waals surface area contributed by atoms with Crippen LogP contribution >= 0.6 is 11.6 Å². The Labute approximate surface area is 182 Å². The van der Waals surface area contributed by atoms with Crippen LogP contribution in [-0.4, -0.2) is 52.3 Å². The van der Waals surface area contributed by atoms with E-state index in [1.54, 1.807) is 13.0 Å². The maximum atomic E-state index is 13.5. The van der Waals surface area contributed by atoms with Crippen LogP contribution in [0.2, 0.25) is 5.02 Å². The van der Waals surface area contributed by atoms with Crippen molar-refractivity contribution in [1.82, 2.24) is 9.88 Å². The van der Waals surface area contributed by atoms with Gasteiger partial charge in [-0.15, -0.1) is 0 Å². The first-order valence-electron chi connectivity index (χ1n) is 9.37. The Balaban J connectivity index is 1.78. The van der Waals surface area contributed by atoms with E-state index in [9.17, 15) is 24.3 Å². The highest BCUT2D eigenvalue weighted by Gasteiger charge is 2.64. The van der Waals surface area contributed by atoms with Gasteiger partial charge in [0.1, 0.15) is 12.3 Å². The average Bonchev–Trinajstić information content (AvgIpc) is 3.10. The van der Waals surface area contributed by atoms with E-state index in [1.807, 2.05) is 0 Å². The van der Waals surface area contributed by atoms with E-state index in [1.165, 1.54) is 31.5 Å². The Kier molecular flexibility index (Phi) is 4.93. The molecule has 3 amide bonds. The maximum Gasteiger partial charge on any atom is 0.323 e. The van der Waals surface area contributed by atoms with Gasteiger partial charge in [0.2, 0.25) is 17.7 Å². The molecule has 0 aliphatic carbocycles. The predicted molar refractivity (Wildman–Crippen MR) is 109 cm³/mol. The van der Waals surface area contributed by atoms with Gasteiger partial charge in [0.25, 0.3) is 0 Å². The number of halogens is 1. The summed E-state index contributed by atoms with van der Waals surface area (Å²) >= 11 is 6.11. The number of anilines is 1. The number of imide groups is 1. The van der Waals surface area contributed by atoms with Crippen LogP contribution in [-0.2, 0) is 31.1 Å². The number of likely N-dealkylation sites (tertiary alicyclic amines) is 1. The number of fused-ring (bicyclic) bond motifs is 2. The molecule has 2 aliphatic rings. The summed E-state index contributed by atoms with van der Waals surface area (Å²) < 4.78 is 5.27. The summed E-state index contributed by atoms with van der Waals surface area (Å²) in [6.07, 6.45) is 1.10. The number of benzene rings is 1. The highest BCUT2D eigenvalue weighted by Crippen LogP contribution is 2.49. The number of amides is 3. The summed E-state index contributed by atoms with van der Waals surface area (Å²) in [5.41, 5.74) is -0.213. The van der Waals surface area contributed by atoms with Gasteiger partial charge in [-0.1, -0.05) is 11.6 Å². The molecule has 1 aromatic heterocycles. The van der Waals surface area contributed by atoms with Crippen LogP contribution in [0.3, 0.4) is 0 Å². The molecule has 31 heavy (non-hydrogen) atoms. The van der Waals surface area contributed by atoms with E-state index in [0.717, 1.165) is 9.80 Å². The number of hydrogen-bond donors (Lipinski definition) is 1. The quantitative estimate of drug-likeness (QED) is 0.551. The van der Waals surface area contributed by atoms with E-state index in [4.69, 9.17) is 16.3 Å². The van der Waals surface area contributed by atoms with Gasteiger partial charge in [-0.2, -0.15) is 0 Å². The molecular formula is C21H18ClN3O6. The van der Waals surface area contributed by atoms with Gasteiger partial charge >= 0.3 is 5.97 Å². The first kappa shape index (κ1) is 20.8. The number of methoxy groups -OCH3 is 1. The molecule has 10 heteroatoms. The third kappa shape index (κ3) is 3.04. The molecule has 4 rings (SSSR count). The molecule has 160 valence electrons. The van der Waals surface area contributed by atoms with E-state index in [-0.39, 0.29) is 22.8 Å². The smallest absolute Gasteiger partial charge is 0.323 e. The number of carbonyl (C=O) groups excluding carboxylic acids is 3. The van der Waals surface area contributed by atoms with Gasteiger partial charge in [0.05, 0.1) is 25.8 Å². The van der Waals surface area contributed by atoms with E-state index in [0.29, 0.717) is 17.0 Å². The molecule has 0 saturated carbocycles. The summed E-state index contributed by atoms with van der Waals surface area (Å²) in [6.45, 7) is 0.990. The van der Waals surface area contributed by atoms with Crippen LogP contribution < -0.4 is 9.64 Å². The van der Waals surface area contributed by atoms with E-state index in [2.05, 4.69) is 4.98 Å². The van der Waals surface area contributed by atoms with Crippen molar-refractivity contribution in [1.29, 1.82) is 0 Å². The third-order valence-corrected chi connectivity index (χ3v) is 5.96. The Morgan fingerprint density at radius 1 is 1.23 bits per heavy atom. The van der Waals surface area contributed by atoms with Crippen molar-refractivity contribution < 1.29 is 29.0 Å². The minimum absolute atomic E-state index is 0.134. The summed E-state index contributed by atoms with van der Waals surface area (Å²) in [7, 11) is 1.50. The number of aromatic nitrogens is 1. The fourth-order valence-corrected chi connectivity index (χ4v) is 4.37. The second-order valence-electron chi connectivity index (χ2n) is 7.40. The van der Waals surface area contributed by atoms with Crippen molar-refractivity contribution in [2.24, 2.45) is 0 Å². The first-order chi connectivity index (χ1) is 14.7. The Hall–Kier alpha value is -3.46. The molecule has 1 spiro atoms. The van der Waals surface area contributed by atoms with Gasteiger partial charge < -0.3 is 9.84 Å². The molecule has 1 fully saturated rings. The zero-order chi connectivity index (χ0) is 22.5. The van der Waals surface area contributed by atoms with Gasteiger partial charge in [0, 0.05) is 28.0 Å². The molecule has 0 bridgehead atoms. The van der Waals surface area contributed by atoms with Crippen molar-refractivity contribution in [3.8, 4) is 5.75 Å². The molecule has 1 saturated heterocycles. The lowest BCUT2D eigenvalue weighted by Crippen LogP contribution is -2.47. The summed E-state index contributed by atoms with van der Waals surface area (Å²) in [6, 6.07) is 6.10. The SMILES string of the molecule is COc1ccnc(CN2C(=O)CC3(C2=O)C(=O)N(CC(=O)O)c2ccc(Cl)cc23)c1C. The summed E-state index contributed by atoms with van der Waals surface area (Å²) in [4.78, 5) is 57.4. The molecule has 2 aromatic rings. The number of nitrogens with zero attached hydrogens (tertiary/aromatic N) is 3. The fourth-order valence-electron chi connectivity index (χ4n) is 4.20. The van der Waals surface area contributed by atoms with Crippen molar-refractivity contribution in [3.63, 3.8) is 0 Å². The Bertz CT molecular complexity index is 1150. The van der Waals surface area contributed by atoms with Crippen molar-refractivity contribution in [2.45, 2.75) is 25.3 Å². The van der Waals surface area contributed by atoms with Crippen LogP contribution in [0.1, 0.15) is 23.2 Å². The van der Waals surface area contributed by atoms with Crippen LogP contribution in [0.5, 0.6) is 5.75 Å². The summed E-state index contributed by atoms with van der Waals surface area (Å²) in [5, 5.41) is 9.52. The van der Waals surface area contributed by atoms with Crippen LogP contribution in [0.25, 0.3) is 0 Å². The largest absolute Gasteiger partial charge is 0.496 e. The topological polar surface area (TPSA) is 117 Å². The van der Waals surface area contributed by atoms with Crippen LogP contribution in [0, 0.1) is 6.92 Å². The fraction of sp³-hybridized carbons (Fsp3) is 0.286. The van der Waals surface area contributed by atoms with Gasteiger partial charge in [-0.25, -0.2) is 0 Å². The monoisotopic (exact) mass is 443 g/mol. The molecule has 1 atom stereocenters. The minimum Gasteiger partial charge on any atom is -0.496 e. The zero-order valence-electron chi connectivity index (χ0n) is 16.7. The number of carboxylic acid groups (broad SMARTS) is 1. The number of ether oxygens (including phenoxy) is 1. The predicted octanol–water partition coefficient (Wildman–Crippen LogP) is 1.68. The molecular weight excluding hydrogens is 426 g/mol. The second kappa shape index (κ2) is 7.35. The minimum atomic E-state index is -1.83. The van der Waals surface area contributed by atoms with Crippen LogP contribution in [0.4, 0.5) is 5.69 Å². The van der Waals surface area contributed by atoms with Crippen molar-refractivity contribution in [3.05, 3.63) is 52.3 Å². The van der Waals surface area contributed by atoms with Crippen LogP contribution in [0.15, 0.2) is 30.5 Å². The summed E-state index contributed by atoms with van der Waals surface area (Å²) in [5.74, 6) is -2.70. The van der Waals surface area contributed by atoms with Crippen molar-refractivity contribution >= 4 is 41.0 Å².